The molecule has 6 heteroatoms. The van der Waals surface area contributed by atoms with Crippen LogP contribution in [-0.2, 0) is 13.6 Å². The molecule has 0 aliphatic rings. The molecule has 0 aromatic heterocycles. The van der Waals surface area contributed by atoms with E-state index in [1.807, 2.05) is 6.92 Å². The van der Waals surface area contributed by atoms with Crippen molar-refractivity contribution in [2.24, 2.45) is 5.73 Å². The Kier molecular flexibility index (Phi) is 27.1. The Balaban J connectivity index is 0. The molecule has 0 aliphatic heterocycles. The van der Waals surface area contributed by atoms with Crippen LogP contribution in [0.4, 0.5) is 0 Å². The first-order chi connectivity index (χ1) is 13.5. The van der Waals surface area contributed by atoms with Gasteiger partial charge in [-0.05, 0) is 25.8 Å². The van der Waals surface area contributed by atoms with Gasteiger partial charge in [0.25, 0.3) is 0 Å². The molecule has 0 rings (SSSR count). The van der Waals surface area contributed by atoms with E-state index in [-0.39, 0.29) is 0 Å². The van der Waals surface area contributed by atoms with E-state index >= 15 is 0 Å². The van der Waals surface area contributed by atoms with E-state index in [2.05, 4.69) is 13.8 Å². The third-order valence-corrected chi connectivity index (χ3v) is 5.58. The van der Waals surface area contributed by atoms with Gasteiger partial charge in [-0.25, -0.2) is 4.57 Å². The number of hydrogen-bond donors (Lipinski definition) is 2. The summed E-state index contributed by atoms with van der Waals surface area (Å²) in [4.78, 5) is 9.21. The van der Waals surface area contributed by atoms with Crippen LogP contribution in [0, 0.1) is 0 Å². The third-order valence-electron chi connectivity index (χ3n) is 4.56. The summed E-state index contributed by atoms with van der Waals surface area (Å²) in [5, 5.41) is 0. The molecule has 3 N–H and O–H groups in total. The van der Waals surface area contributed by atoms with E-state index in [1.54, 1.807) is 0 Å². The van der Waals surface area contributed by atoms with Crippen molar-refractivity contribution >= 4 is 7.82 Å². The molecule has 5 nitrogen and oxygen atoms in total. The maximum Gasteiger partial charge on any atom is 0.472 e. The minimum Gasteiger partial charge on any atom is -0.330 e. The molecule has 0 aromatic rings. The van der Waals surface area contributed by atoms with Crippen LogP contribution in [0.25, 0.3) is 0 Å². The van der Waals surface area contributed by atoms with Crippen molar-refractivity contribution in [1.82, 2.24) is 0 Å². The van der Waals surface area contributed by atoms with Crippen LogP contribution in [-0.4, -0.2) is 24.7 Å². The van der Waals surface area contributed by atoms with Gasteiger partial charge in [0.05, 0.1) is 13.2 Å². The molecule has 0 heterocycles. The monoisotopic (exact) mass is 423 g/mol. The van der Waals surface area contributed by atoms with Gasteiger partial charge >= 0.3 is 7.82 Å². The topological polar surface area (TPSA) is 81.8 Å². The Labute approximate surface area is 175 Å². The molecule has 0 aromatic carbocycles. The largest absolute Gasteiger partial charge is 0.472 e. The Hall–Kier alpha value is 0.0700. The van der Waals surface area contributed by atoms with Gasteiger partial charge in [0.1, 0.15) is 0 Å². The molecule has 0 fully saturated rings. The molecule has 0 aliphatic carbocycles. The minimum atomic E-state index is -3.77. The fourth-order valence-electron chi connectivity index (χ4n) is 2.70. The van der Waals surface area contributed by atoms with Crippen LogP contribution in [0.2, 0.25) is 0 Å². The van der Waals surface area contributed by atoms with E-state index in [1.165, 1.54) is 64.2 Å². The van der Waals surface area contributed by atoms with Crippen LogP contribution >= 0.6 is 7.82 Å². The first-order valence-corrected chi connectivity index (χ1v) is 13.4. The predicted octanol–water partition coefficient (Wildman–Crippen LogP) is 7.37. The highest BCUT2D eigenvalue weighted by molar-refractivity contribution is 7.47. The Morgan fingerprint density at radius 3 is 1.39 bits per heavy atom. The van der Waals surface area contributed by atoms with Crippen molar-refractivity contribution in [2.75, 3.05) is 19.8 Å². The van der Waals surface area contributed by atoms with Crippen molar-refractivity contribution < 1.29 is 18.5 Å². The lowest BCUT2D eigenvalue weighted by Gasteiger charge is -2.11. The number of phosphoric ester groups is 1. The molecule has 1 unspecified atom stereocenters. The molecule has 172 valence electrons. The predicted molar refractivity (Wildman–Crippen MR) is 122 cm³/mol. The molecule has 0 amide bonds. The van der Waals surface area contributed by atoms with Crippen LogP contribution < -0.4 is 5.73 Å². The van der Waals surface area contributed by atoms with Crippen LogP contribution in [0.15, 0.2) is 0 Å². The van der Waals surface area contributed by atoms with Crippen molar-refractivity contribution in [3.05, 3.63) is 0 Å². The summed E-state index contributed by atoms with van der Waals surface area (Å²) in [5.41, 5.74) is 5.42. The molecule has 0 spiro atoms. The molecule has 0 saturated heterocycles. The Bertz CT molecular complexity index is 320. The van der Waals surface area contributed by atoms with Crippen molar-refractivity contribution in [1.29, 1.82) is 0 Å². The van der Waals surface area contributed by atoms with Gasteiger partial charge < -0.3 is 10.6 Å². The maximum atomic E-state index is 11.2. The second kappa shape index (κ2) is 25.1. The lowest BCUT2D eigenvalue weighted by Crippen LogP contribution is -1.98. The maximum absolute atomic E-state index is 11.2. The van der Waals surface area contributed by atoms with Gasteiger partial charge in [0.2, 0.25) is 0 Å². The summed E-state index contributed by atoms with van der Waals surface area (Å²) >= 11 is 0. The molecule has 0 radical (unpaired) electrons. The SMILES string of the molecule is CCCCCCCCCCCCN.CCCCCCOP(=O)(O)OCCCC. The van der Waals surface area contributed by atoms with E-state index in [4.69, 9.17) is 14.8 Å². The smallest absolute Gasteiger partial charge is 0.330 e. The zero-order valence-electron chi connectivity index (χ0n) is 19.1. The molecule has 1 atom stereocenters. The van der Waals surface area contributed by atoms with Gasteiger partial charge in [-0.2, -0.15) is 0 Å². The number of rotatable bonds is 20. The minimum absolute atomic E-state index is 0.291. The van der Waals surface area contributed by atoms with Gasteiger partial charge in [0, 0.05) is 0 Å². The van der Waals surface area contributed by atoms with Crippen LogP contribution in [0.5, 0.6) is 0 Å². The highest BCUT2D eigenvalue weighted by atomic mass is 31.2. The number of hydrogen-bond acceptors (Lipinski definition) is 4. The zero-order valence-corrected chi connectivity index (χ0v) is 20.0. The molecule has 28 heavy (non-hydrogen) atoms. The average Bonchev–Trinajstić information content (AvgIpc) is 2.67. The quantitative estimate of drug-likeness (QED) is 0.158. The van der Waals surface area contributed by atoms with Crippen LogP contribution in [0.1, 0.15) is 124 Å². The summed E-state index contributed by atoms with van der Waals surface area (Å²) in [7, 11) is -3.77. The number of nitrogens with two attached hydrogens (primary N) is 1. The van der Waals surface area contributed by atoms with Gasteiger partial charge in [-0.3, -0.25) is 9.05 Å². The summed E-state index contributed by atoms with van der Waals surface area (Å²) in [6.07, 6.45) is 19.8. The fourth-order valence-corrected chi connectivity index (χ4v) is 3.50. The van der Waals surface area contributed by atoms with Crippen LogP contribution in [0.3, 0.4) is 0 Å². The van der Waals surface area contributed by atoms with Gasteiger partial charge in [-0.1, -0.05) is 104 Å². The van der Waals surface area contributed by atoms with E-state index in [0.717, 1.165) is 45.1 Å². The first kappa shape index (κ1) is 30.3. The average molecular weight is 424 g/mol. The third kappa shape index (κ3) is 28.3. The lowest BCUT2D eigenvalue weighted by atomic mass is 10.1. The highest BCUT2D eigenvalue weighted by Crippen LogP contribution is 2.43. The van der Waals surface area contributed by atoms with Gasteiger partial charge in [-0.15, -0.1) is 0 Å². The normalized spacial score (nSPS) is 13.0. The standard InChI is InChI=1S/C12H27N.C10H23O4P/c1-2-3-4-5-6-7-8-9-10-11-12-13;1-3-5-7-8-10-14-15(11,12)13-9-6-4-2/h2-13H2,1H3;3-10H2,1-2H3,(H,11,12). The summed E-state index contributed by atoms with van der Waals surface area (Å²) < 4.78 is 20.8. The summed E-state index contributed by atoms with van der Waals surface area (Å²) in [6, 6.07) is 0. The lowest BCUT2D eigenvalue weighted by molar-refractivity contribution is 0.146. The van der Waals surface area contributed by atoms with Crippen molar-refractivity contribution in [2.45, 2.75) is 124 Å². The van der Waals surface area contributed by atoms with E-state index < -0.39 is 7.82 Å². The van der Waals surface area contributed by atoms with E-state index in [0.29, 0.717) is 13.2 Å². The van der Waals surface area contributed by atoms with Crippen molar-refractivity contribution in [3.63, 3.8) is 0 Å². The number of unbranched alkanes of at least 4 members (excludes halogenated alkanes) is 13. The fraction of sp³-hybridized carbons (Fsp3) is 1.00. The molecule has 0 bridgehead atoms. The first-order valence-electron chi connectivity index (χ1n) is 11.9. The molecule has 0 saturated carbocycles. The molecular weight excluding hydrogens is 373 g/mol. The Morgan fingerprint density at radius 1 is 0.607 bits per heavy atom. The van der Waals surface area contributed by atoms with E-state index in [9.17, 15) is 9.46 Å². The second-order valence-corrected chi connectivity index (χ2v) is 8.97. The highest BCUT2D eigenvalue weighted by Gasteiger charge is 2.19. The van der Waals surface area contributed by atoms with Gasteiger partial charge in [0.15, 0.2) is 0 Å². The summed E-state index contributed by atoms with van der Waals surface area (Å²) in [5.74, 6) is 0. The Morgan fingerprint density at radius 2 is 0.964 bits per heavy atom. The number of phosphoric acid groups is 1. The summed E-state index contributed by atoms with van der Waals surface area (Å²) in [6.45, 7) is 7.85. The van der Waals surface area contributed by atoms with Crippen molar-refractivity contribution in [3.8, 4) is 0 Å². The second-order valence-electron chi connectivity index (χ2n) is 7.52. The zero-order chi connectivity index (χ0) is 21.3. The molecular formula is C22H50NO4P.